The lowest BCUT2D eigenvalue weighted by molar-refractivity contribution is 0.0339. The Morgan fingerprint density at radius 3 is 2.40 bits per heavy atom. The third-order valence-electron chi connectivity index (χ3n) is 8.78. The van der Waals surface area contributed by atoms with Crippen LogP contribution in [0.2, 0.25) is 0 Å². The van der Waals surface area contributed by atoms with Crippen molar-refractivity contribution in [1.82, 2.24) is 29.8 Å². The van der Waals surface area contributed by atoms with Crippen molar-refractivity contribution in [3.8, 4) is 0 Å². The molecule has 3 N–H and O–H groups in total. The van der Waals surface area contributed by atoms with Crippen molar-refractivity contribution in [3.05, 3.63) is 11.8 Å². The second-order valence-corrected chi connectivity index (χ2v) is 13.6. The molecular weight excluding hydrogens is 540 g/mol. The first-order chi connectivity index (χ1) is 20.0. The number of alkyl carbamates (subject to hydrolysis) is 1. The summed E-state index contributed by atoms with van der Waals surface area (Å²) in [5.74, 6) is 2.62. The van der Waals surface area contributed by atoms with Crippen LogP contribution >= 0.6 is 0 Å². The van der Waals surface area contributed by atoms with Crippen LogP contribution in [0.25, 0.3) is 5.65 Å². The number of hydrogen-bond donors (Lipinski definition) is 3. The molecule has 4 aliphatic rings. The van der Waals surface area contributed by atoms with Crippen LogP contribution in [-0.2, 0) is 14.2 Å². The molecule has 2 aromatic rings. The Hall–Kier alpha value is -3.35. The molecule has 1 saturated carbocycles. The molecule has 13 nitrogen and oxygen atoms in total. The van der Waals surface area contributed by atoms with Crippen LogP contribution in [0.4, 0.5) is 21.5 Å². The van der Waals surface area contributed by atoms with E-state index in [0.717, 1.165) is 50.1 Å². The normalized spacial score (nSPS) is 28.9. The van der Waals surface area contributed by atoms with Crippen LogP contribution in [0.5, 0.6) is 0 Å². The first-order valence-corrected chi connectivity index (χ1v) is 15.3. The van der Waals surface area contributed by atoms with Gasteiger partial charge >= 0.3 is 12.2 Å². The van der Waals surface area contributed by atoms with E-state index in [1.165, 1.54) is 0 Å². The molecule has 1 aliphatic carbocycles. The summed E-state index contributed by atoms with van der Waals surface area (Å²) in [4.78, 5) is 36.8. The molecule has 2 amide bonds. The molecule has 2 aromatic heterocycles. The Bertz CT molecular complexity index is 1300. The van der Waals surface area contributed by atoms with Crippen LogP contribution in [0.3, 0.4) is 0 Å². The SMILES string of the molecule is CC(CNC(=O)OC(C)(C)C)OC(=O)N1C2CCC1CC(Nc1nc(NC3C4COCC43)nc3c(C(C)C)cnn13)C2. The number of rotatable bonds is 8. The van der Waals surface area contributed by atoms with Crippen molar-refractivity contribution in [2.24, 2.45) is 11.8 Å². The van der Waals surface area contributed by atoms with Gasteiger partial charge in [0.25, 0.3) is 0 Å². The van der Waals surface area contributed by atoms with E-state index in [0.29, 0.717) is 29.8 Å². The molecule has 0 radical (unpaired) electrons. The molecule has 42 heavy (non-hydrogen) atoms. The fourth-order valence-electron chi connectivity index (χ4n) is 6.65. The van der Waals surface area contributed by atoms with Gasteiger partial charge in [-0.15, -0.1) is 0 Å². The van der Waals surface area contributed by atoms with Gasteiger partial charge in [0.05, 0.1) is 26.0 Å². The van der Waals surface area contributed by atoms with Crippen molar-refractivity contribution in [2.75, 3.05) is 30.4 Å². The molecule has 3 aliphatic heterocycles. The lowest BCUT2D eigenvalue weighted by Crippen LogP contribution is -2.51. The summed E-state index contributed by atoms with van der Waals surface area (Å²) >= 11 is 0. The van der Waals surface area contributed by atoms with E-state index < -0.39 is 17.8 Å². The Morgan fingerprint density at radius 2 is 1.76 bits per heavy atom. The van der Waals surface area contributed by atoms with Gasteiger partial charge in [-0.2, -0.15) is 19.6 Å². The lowest BCUT2D eigenvalue weighted by Gasteiger charge is -2.39. The predicted molar refractivity (Wildman–Crippen MR) is 156 cm³/mol. The molecule has 5 unspecified atom stereocenters. The molecule has 0 spiro atoms. The van der Waals surface area contributed by atoms with E-state index in [4.69, 9.17) is 24.2 Å². The lowest BCUT2D eigenvalue weighted by atomic mass is 9.98. The van der Waals surface area contributed by atoms with Gasteiger partial charge in [-0.1, -0.05) is 13.8 Å². The van der Waals surface area contributed by atoms with Gasteiger partial charge < -0.3 is 35.1 Å². The maximum absolute atomic E-state index is 13.2. The fraction of sp³-hybridized carbons (Fsp3) is 0.759. The topological polar surface area (TPSA) is 144 Å². The molecule has 3 saturated heterocycles. The second kappa shape index (κ2) is 11.1. The van der Waals surface area contributed by atoms with Gasteiger partial charge in [0.1, 0.15) is 11.7 Å². The average molecular weight is 585 g/mol. The van der Waals surface area contributed by atoms with Gasteiger partial charge in [-0.05, 0) is 59.3 Å². The summed E-state index contributed by atoms with van der Waals surface area (Å²) in [7, 11) is 0. The maximum Gasteiger partial charge on any atom is 0.410 e. The number of aromatic nitrogens is 4. The number of carbonyl (C=O) groups is 2. The molecular formula is C29H44N8O5. The summed E-state index contributed by atoms with van der Waals surface area (Å²) in [6.45, 7) is 13.2. The number of nitrogens with zero attached hydrogens (tertiary/aromatic N) is 5. The summed E-state index contributed by atoms with van der Waals surface area (Å²) in [6, 6.07) is 0.629. The van der Waals surface area contributed by atoms with E-state index in [9.17, 15) is 9.59 Å². The molecule has 2 bridgehead atoms. The molecule has 5 atom stereocenters. The van der Waals surface area contributed by atoms with Crippen molar-refractivity contribution in [2.45, 2.75) is 109 Å². The smallest absolute Gasteiger partial charge is 0.410 e. The number of anilines is 2. The predicted octanol–water partition coefficient (Wildman–Crippen LogP) is 3.76. The Labute approximate surface area is 246 Å². The Balaban J connectivity index is 1.09. The largest absolute Gasteiger partial charge is 0.445 e. The Kier molecular flexibility index (Phi) is 7.57. The molecule has 4 fully saturated rings. The minimum atomic E-state index is -0.586. The van der Waals surface area contributed by atoms with Crippen LogP contribution in [0, 0.1) is 11.8 Å². The number of carbonyl (C=O) groups excluding carboxylic acids is 2. The van der Waals surface area contributed by atoms with Gasteiger partial charge in [-0.3, -0.25) is 0 Å². The first kappa shape index (κ1) is 28.8. The van der Waals surface area contributed by atoms with E-state index >= 15 is 0 Å². The van der Waals surface area contributed by atoms with Crippen molar-refractivity contribution >= 4 is 29.7 Å². The highest BCUT2D eigenvalue weighted by Crippen LogP contribution is 2.46. The first-order valence-electron chi connectivity index (χ1n) is 15.3. The molecule has 6 rings (SSSR count). The van der Waals surface area contributed by atoms with Gasteiger partial charge in [0.2, 0.25) is 11.9 Å². The van der Waals surface area contributed by atoms with Crippen molar-refractivity contribution < 1.29 is 23.8 Å². The molecule has 13 heteroatoms. The second-order valence-electron chi connectivity index (χ2n) is 13.6. The van der Waals surface area contributed by atoms with Gasteiger partial charge in [-0.25, -0.2) is 9.59 Å². The van der Waals surface area contributed by atoms with Crippen molar-refractivity contribution in [3.63, 3.8) is 0 Å². The minimum Gasteiger partial charge on any atom is -0.445 e. The Morgan fingerprint density at radius 1 is 1.07 bits per heavy atom. The van der Waals surface area contributed by atoms with Gasteiger partial charge in [0, 0.05) is 41.6 Å². The number of piperidine rings is 1. The summed E-state index contributed by atoms with van der Waals surface area (Å²) in [5, 5.41) is 14.5. The van der Waals surface area contributed by atoms with Crippen LogP contribution in [0.15, 0.2) is 6.20 Å². The summed E-state index contributed by atoms with van der Waals surface area (Å²) in [5.41, 5.74) is 1.30. The molecule has 230 valence electrons. The fourth-order valence-corrected chi connectivity index (χ4v) is 6.65. The zero-order chi connectivity index (χ0) is 29.8. The summed E-state index contributed by atoms with van der Waals surface area (Å²) < 4.78 is 18.3. The third kappa shape index (κ3) is 5.93. The van der Waals surface area contributed by atoms with Crippen LogP contribution in [0.1, 0.15) is 78.7 Å². The monoisotopic (exact) mass is 584 g/mol. The number of ether oxygens (including phenoxy) is 3. The zero-order valence-corrected chi connectivity index (χ0v) is 25.4. The van der Waals surface area contributed by atoms with Crippen molar-refractivity contribution in [1.29, 1.82) is 0 Å². The van der Waals surface area contributed by atoms with E-state index in [-0.39, 0.29) is 36.7 Å². The van der Waals surface area contributed by atoms with Crippen LogP contribution < -0.4 is 16.0 Å². The number of hydrogen-bond acceptors (Lipinski definition) is 10. The average Bonchev–Trinajstić information content (AvgIpc) is 3.29. The van der Waals surface area contributed by atoms with E-state index in [1.54, 1.807) is 32.2 Å². The highest BCUT2D eigenvalue weighted by Gasteiger charge is 2.54. The van der Waals surface area contributed by atoms with E-state index in [1.807, 2.05) is 11.1 Å². The minimum absolute atomic E-state index is 0.0735. The quantitative estimate of drug-likeness (QED) is 0.419. The zero-order valence-electron chi connectivity index (χ0n) is 25.4. The standard InChI is InChI=1S/C29H44N8O5/c1-15(2)20-12-31-37-24(20)34-25(33-23-21-13-40-14-22(21)23)35-26(37)32-17-9-18-7-8-19(10-17)36(18)28(39)41-16(3)11-30-27(38)42-29(4,5)6/h12,15-19,21-23H,7-11,13-14H2,1-6H3,(H,30,38)(H2,32,33,34,35). The van der Waals surface area contributed by atoms with Gasteiger partial charge in [0.15, 0.2) is 5.65 Å². The molecule has 0 aromatic carbocycles. The highest BCUT2D eigenvalue weighted by atomic mass is 16.6. The summed E-state index contributed by atoms with van der Waals surface area (Å²) in [6.07, 6.45) is 3.97. The van der Waals surface area contributed by atoms with E-state index in [2.05, 4.69) is 34.9 Å². The highest BCUT2D eigenvalue weighted by molar-refractivity contribution is 5.70. The number of amides is 2. The molecule has 5 heterocycles. The maximum atomic E-state index is 13.2. The van der Waals surface area contributed by atoms with Crippen LogP contribution in [-0.4, -0.2) is 92.3 Å². The number of fused-ring (bicyclic) bond motifs is 4. The number of nitrogens with one attached hydrogen (secondary N) is 3. The third-order valence-corrected chi connectivity index (χ3v) is 8.78.